The van der Waals surface area contributed by atoms with E-state index in [-0.39, 0.29) is 0 Å². The van der Waals surface area contributed by atoms with Crippen LogP contribution in [0.1, 0.15) is 5.56 Å². The lowest BCUT2D eigenvalue weighted by atomic mass is 10.1. The number of para-hydroxylation sites is 1. The van der Waals surface area contributed by atoms with Crippen LogP contribution >= 0.6 is 0 Å². The summed E-state index contributed by atoms with van der Waals surface area (Å²) in [7, 11) is 2.06. The molecule has 0 bridgehead atoms. The fourth-order valence-corrected chi connectivity index (χ4v) is 2.59. The highest BCUT2D eigenvalue weighted by Gasteiger charge is 2.19. The Bertz CT molecular complexity index is 628. The van der Waals surface area contributed by atoms with Crippen molar-refractivity contribution in [3.8, 4) is 0 Å². The second-order valence-corrected chi connectivity index (χ2v) is 5.12. The number of likely N-dealkylation sites (N-methyl/N-ethyl adjacent to an activating group) is 1. The van der Waals surface area contributed by atoms with E-state index in [4.69, 9.17) is 0 Å². The summed E-state index contributed by atoms with van der Waals surface area (Å²) in [6.07, 6.45) is 0. The van der Waals surface area contributed by atoms with Crippen molar-refractivity contribution in [3.05, 3.63) is 59.7 Å². The molecule has 0 aliphatic carbocycles. The summed E-state index contributed by atoms with van der Waals surface area (Å²) in [5, 5.41) is 0. The Morgan fingerprint density at radius 1 is 0.950 bits per heavy atom. The Balaban J connectivity index is 2.06. The third-order valence-corrected chi connectivity index (χ3v) is 3.64. The zero-order valence-corrected chi connectivity index (χ0v) is 11.3. The molecule has 0 amide bonds. The van der Waals surface area contributed by atoms with E-state index in [9.17, 15) is 8.78 Å². The predicted octanol–water partition coefficient (Wildman–Crippen LogP) is 3.55. The third-order valence-electron chi connectivity index (χ3n) is 3.64. The van der Waals surface area contributed by atoms with Gasteiger partial charge in [0.05, 0.1) is 0 Å². The number of rotatable bonds is 1. The van der Waals surface area contributed by atoms with Gasteiger partial charge in [-0.25, -0.2) is 8.78 Å². The van der Waals surface area contributed by atoms with Gasteiger partial charge in [-0.05, 0) is 30.8 Å². The molecule has 0 saturated heterocycles. The Kier molecular flexibility index (Phi) is 3.40. The molecular formula is C16H16F2N2. The van der Waals surface area contributed by atoms with Crippen molar-refractivity contribution in [1.82, 2.24) is 4.90 Å². The highest BCUT2D eigenvalue weighted by molar-refractivity contribution is 5.67. The number of fused-ring (bicyclic) bond motifs is 1. The van der Waals surface area contributed by atoms with Crippen LogP contribution in [0.5, 0.6) is 0 Å². The number of benzene rings is 2. The summed E-state index contributed by atoms with van der Waals surface area (Å²) < 4.78 is 26.6. The number of hydrogen-bond acceptors (Lipinski definition) is 2. The van der Waals surface area contributed by atoms with Crippen LogP contribution in [-0.4, -0.2) is 25.0 Å². The molecule has 4 heteroatoms. The SMILES string of the molecule is CN1CCN(c2ccc(F)c(F)c2)c2ccccc2C1. The minimum atomic E-state index is -0.811. The van der Waals surface area contributed by atoms with E-state index in [1.165, 1.54) is 17.7 Å². The first kappa shape index (κ1) is 13.1. The van der Waals surface area contributed by atoms with Crippen LogP contribution in [0.4, 0.5) is 20.2 Å². The van der Waals surface area contributed by atoms with Gasteiger partial charge in [-0.15, -0.1) is 0 Å². The van der Waals surface area contributed by atoms with E-state index in [0.717, 1.165) is 25.3 Å². The van der Waals surface area contributed by atoms with Gasteiger partial charge in [0.25, 0.3) is 0 Å². The highest BCUT2D eigenvalue weighted by Crippen LogP contribution is 2.31. The van der Waals surface area contributed by atoms with Gasteiger partial charge in [-0.1, -0.05) is 18.2 Å². The van der Waals surface area contributed by atoms with Crippen LogP contribution in [0.15, 0.2) is 42.5 Å². The van der Waals surface area contributed by atoms with Gasteiger partial charge in [0.2, 0.25) is 0 Å². The minimum Gasteiger partial charge on any atom is -0.340 e. The van der Waals surface area contributed by atoms with Gasteiger partial charge in [0, 0.05) is 37.1 Å². The van der Waals surface area contributed by atoms with Crippen LogP contribution < -0.4 is 4.90 Å². The molecule has 0 radical (unpaired) electrons. The smallest absolute Gasteiger partial charge is 0.160 e. The van der Waals surface area contributed by atoms with Crippen molar-refractivity contribution in [2.75, 3.05) is 25.0 Å². The summed E-state index contributed by atoms with van der Waals surface area (Å²) in [6, 6.07) is 12.1. The maximum atomic E-state index is 13.5. The molecule has 1 aliphatic rings. The average Bonchev–Trinajstić information content (AvgIpc) is 2.60. The Morgan fingerprint density at radius 2 is 1.75 bits per heavy atom. The summed E-state index contributed by atoms with van der Waals surface area (Å²) in [6.45, 7) is 2.47. The molecular weight excluding hydrogens is 258 g/mol. The van der Waals surface area contributed by atoms with Gasteiger partial charge in [-0.2, -0.15) is 0 Å². The lowest BCUT2D eigenvalue weighted by Gasteiger charge is -2.25. The van der Waals surface area contributed by atoms with E-state index in [2.05, 4.69) is 18.0 Å². The third kappa shape index (κ3) is 2.39. The Labute approximate surface area is 117 Å². The van der Waals surface area contributed by atoms with Gasteiger partial charge in [0.15, 0.2) is 11.6 Å². The van der Waals surface area contributed by atoms with Gasteiger partial charge < -0.3 is 9.80 Å². The number of halogens is 2. The van der Waals surface area contributed by atoms with Crippen molar-refractivity contribution in [2.24, 2.45) is 0 Å². The van der Waals surface area contributed by atoms with Crippen LogP contribution in [0.2, 0.25) is 0 Å². The zero-order chi connectivity index (χ0) is 14.1. The fraction of sp³-hybridized carbons (Fsp3) is 0.250. The van der Waals surface area contributed by atoms with Crippen molar-refractivity contribution >= 4 is 11.4 Å². The topological polar surface area (TPSA) is 6.48 Å². The lowest BCUT2D eigenvalue weighted by Crippen LogP contribution is -2.26. The monoisotopic (exact) mass is 274 g/mol. The standard InChI is InChI=1S/C16H16F2N2/c1-19-8-9-20(13-6-7-14(17)15(18)10-13)16-5-3-2-4-12(16)11-19/h2-7,10H,8-9,11H2,1H3. The maximum absolute atomic E-state index is 13.5. The van der Waals surface area contributed by atoms with Crippen molar-refractivity contribution < 1.29 is 8.78 Å². The highest BCUT2D eigenvalue weighted by atomic mass is 19.2. The van der Waals surface area contributed by atoms with Gasteiger partial charge >= 0.3 is 0 Å². The molecule has 0 N–H and O–H groups in total. The normalized spacial score (nSPS) is 15.8. The molecule has 0 aromatic heterocycles. The first-order chi connectivity index (χ1) is 9.65. The summed E-state index contributed by atoms with van der Waals surface area (Å²) in [5.41, 5.74) is 2.94. The number of anilines is 2. The van der Waals surface area contributed by atoms with Crippen molar-refractivity contribution in [3.63, 3.8) is 0 Å². The molecule has 1 aliphatic heterocycles. The van der Waals surface area contributed by atoms with E-state index >= 15 is 0 Å². The molecule has 0 atom stereocenters. The van der Waals surface area contributed by atoms with Crippen LogP contribution in [-0.2, 0) is 6.54 Å². The molecule has 0 unspecified atom stereocenters. The van der Waals surface area contributed by atoms with E-state index in [1.807, 2.05) is 23.1 Å². The second kappa shape index (κ2) is 5.21. The molecule has 2 aromatic carbocycles. The molecule has 2 nitrogen and oxygen atoms in total. The number of hydrogen-bond donors (Lipinski definition) is 0. The maximum Gasteiger partial charge on any atom is 0.160 e. The van der Waals surface area contributed by atoms with Crippen molar-refractivity contribution in [1.29, 1.82) is 0 Å². The summed E-state index contributed by atoms with van der Waals surface area (Å²) in [4.78, 5) is 4.26. The molecule has 0 spiro atoms. The minimum absolute atomic E-state index is 0.687. The van der Waals surface area contributed by atoms with E-state index < -0.39 is 11.6 Å². The first-order valence-corrected chi connectivity index (χ1v) is 6.64. The predicted molar refractivity (Wildman–Crippen MR) is 76.1 cm³/mol. The van der Waals surface area contributed by atoms with E-state index in [0.29, 0.717) is 5.69 Å². The summed E-state index contributed by atoms with van der Waals surface area (Å²) in [5.74, 6) is -1.62. The molecule has 3 rings (SSSR count). The molecule has 0 saturated carbocycles. The lowest BCUT2D eigenvalue weighted by molar-refractivity contribution is 0.343. The van der Waals surface area contributed by atoms with Gasteiger partial charge in [0.1, 0.15) is 0 Å². The number of nitrogens with zero attached hydrogens (tertiary/aromatic N) is 2. The molecule has 104 valence electrons. The largest absolute Gasteiger partial charge is 0.340 e. The quantitative estimate of drug-likeness (QED) is 0.784. The molecule has 0 fully saturated rings. The molecule has 1 heterocycles. The van der Waals surface area contributed by atoms with Crippen LogP contribution in [0.3, 0.4) is 0 Å². The summed E-state index contributed by atoms with van der Waals surface area (Å²) >= 11 is 0. The van der Waals surface area contributed by atoms with Crippen LogP contribution in [0, 0.1) is 11.6 Å². The molecule has 2 aromatic rings. The zero-order valence-electron chi connectivity index (χ0n) is 11.3. The van der Waals surface area contributed by atoms with Crippen molar-refractivity contribution in [2.45, 2.75) is 6.54 Å². The fourth-order valence-electron chi connectivity index (χ4n) is 2.59. The van der Waals surface area contributed by atoms with E-state index in [1.54, 1.807) is 6.07 Å². The molecule has 20 heavy (non-hydrogen) atoms. The Hall–Kier alpha value is -1.94. The second-order valence-electron chi connectivity index (χ2n) is 5.12. The average molecular weight is 274 g/mol. The van der Waals surface area contributed by atoms with Gasteiger partial charge in [-0.3, -0.25) is 0 Å². The Morgan fingerprint density at radius 3 is 2.55 bits per heavy atom. The first-order valence-electron chi connectivity index (χ1n) is 6.64. The van der Waals surface area contributed by atoms with Crippen LogP contribution in [0.25, 0.3) is 0 Å².